The molecule has 0 unspecified atom stereocenters. The van der Waals surface area contributed by atoms with Crippen LogP contribution in [-0.4, -0.2) is 47.3 Å². The van der Waals surface area contributed by atoms with E-state index in [9.17, 15) is 14.4 Å². The molecule has 0 atom stereocenters. The minimum atomic E-state index is -0.429. The van der Waals surface area contributed by atoms with Crippen LogP contribution >= 0.6 is 24.0 Å². The Morgan fingerprint density at radius 1 is 1.13 bits per heavy atom. The Labute approximate surface area is 189 Å². The van der Waals surface area contributed by atoms with E-state index in [1.54, 1.807) is 56.5 Å². The largest absolute Gasteiger partial charge is 0.497 e. The summed E-state index contributed by atoms with van der Waals surface area (Å²) in [5.41, 5.74) is 1.71. The summed E-state index contributed by atoms with van der Waals surface area (Å²) in [5, 5.41) is 2.70. The van der Waals surface area contributed by atoms with Gasteiger partial charge in [-0.05, 0) is 55.0 Å². The number of methoxy groups -OCH3 is 1. The predicted molar refractivity (Wildman–Crippen MR) is 124 cm³/mol. The van der Waals surface area contributed by atoms with Crippen molar-refractivity contribution in [2.24, 2.45) is 0 Å². The molecular weight excluding hydrogens is 436 g/mol. The van der Waals surface area contributed by atoms with E-state index in [1.807, 2.05) is 12.1 Å². The summed E-state index contributed by atoms with van der Waals surface area (Å²) in [4.78, 5) is 38.5. The van der Waals surface area contributed by atoms with Gasteiger partial charge < -0.3 is 14.8 Å². The van der Waals surface area contributed by atoms with Crippen LogP contribution in [0.1, 0.15) is 22.8 Å². The second-order valence-electron chi connectivity index (χ2n) is 6.39. The van der Waals surface area contributed by atoms with Crippen molar-refractivity contribution in [3.05, 3.63) is 64.6 Å². The van der Waals surface area contributed by atoms with Gasteiger partial charge in [0.25, 0.3) is 5.91 Å². The number of thiocarbonyl (C=S) groups is 1. The van der Waals surface area contributed by atoms with Crippen molar-refractivity contribution in [3.8, 4) is 5.75 Å². The SMILES string of the molecule is CCOC(=O)c1ccc(NC(=O)CN2C(=O)/C(=C\c3ccc(OC)cc3)SC2=S)cc1. The molecule has 3 rings (SSSR count). The topological polar surface area (TPSA) is 84.9 Å². The van der Waals surface area contributed by atoms with Gasteiger partial charge in [-0.1, -0.05) is 36.1 Å². The Morgan fingerprint density at radius 2 is 1.81 bits per heavy atom. The Bertz CT molecular complexity index is 1030. The third-order valence-corrected chi connectivity index (χ3v) is 5.65. The maximum Gasteiger partial charge on any atom is 0.338 e. The number of rotatable bonds is 7. The van der Waals surface area contributed by atoms with Crippen LogP contribution in [0.5, 0.6) is 5.75 Å². The molecule has 1 fully saturated rings. The van der Waals surface area contributed by atoms with Crippen molar-refractivity contribution in [2.45, 2.75) is 6.92 Å². The predicted octanol–water partition coefficient (Wildman–Crippen LogP) is 3.71. The Morgan fingerprint density at radius 3 is 2.42 bits per heavy atom. The van der Waals surface area contributed by atoms with Crippen LogP contribution in [0.3, 0.4) is 0 Å². The van der Waals surface area contributed by atoms with Crippen LogP contribution in [0.25, 0.3) is 6.08 Å². The molecule has 9 heteroatoms. The summed E-state index contributed by atoms with van der Waals surface area (Å²) in [6.45, 7) is 1.81. The zero-order valence-electron chi connectivity index (χ0n) is 16.9. The first-order valence-corrected chi connectivity index (χ1v) is 10.6. The van der Waals surface area contributed by atoms with Gasteiger partial charge in [-0.3, -0.25) is 14.5 Å². The maximum absolute atomic E-state index is 12.7. The standard InChI is InChI=1S/C22H20N2O5S2/c1-3-29-21(27)15-6-8-16(9-7-15)23-19(25)13-24-20(26)18(31-22(24)30)12-14-4-10-17(28-2)11-5-14/h4-12H,3,13H2,1-2H3,(H,23,25)/b18-12+. The third-order valence-electron chi connectivity index (χ3n) is 4.27. The van der Waals surface area contributed by atoms with E-state index in [-0.39, 0.29) is 19.1 Å². The van der Waals surface area contributed by atoms with Gasteiger partial charge in [-0.25, -0.2) is 4.79 Å². The van der Waals surface area contributed by atoms with Gasteiger partial charge in [0.1, 0.15) is 16.6 Å². The third kappa shape index (κ3) is 5.71. The second-order valence-corrected chi connectivity index (χ2v) is 8.06. The molecule has 1 aliphatic rings. The zero-order chi connectivity index (χ0) is 22.4. The highest BCUT2D eigenvalue weighted by Gasteiger charge is 2.33. The summed E-state index contributed by atoms with van der Waals surface area (Å²) in [6.07, 6.45) is 1.73. The number of hydrogen-bond acceptors (Lipinski definition) is 7. The molecule has 0 aromatic heterocycles. The lowest BCUT2D eigenvalue weighted by molar-refractivity contribution is -0.126. The minimum absolute atomic E-state index is 0.204. The van der Waals surface area contributed by atoms with Gasteiger partial charge in [0.2, 0.25) is 5.91 Å². The highest BCUT2D eigenvalue weighted by Crippen LogP contribution is 2.32. The fraction of sp³-hybridized carbons (Fsp3) is 0.182. The molecule has 0 bridgehead atoms. The molecule has 1 aliphatic heterocycles. The summed E-state index contributed by atoms with van der Waals surface area (Å²) < 4.78 is 10.4. The van der Waals surface area contributed by atoms with Crippen molar-refractivity contribution in [1.29, 1.82) is 0 Å². The van der Waals surface area contributed by atoms with Crippen molar-refractivity contribution in [3.63, 3.8) is 0 Å². The molecule has 2 amide bonds. The van der Waals surface area contributed by atoms with Crippen LogP contribution in [0, 0.1) is 0 Å². The zero-order valence-corrected chi connectivity index (χ0v) is 18.5. The molecule has 0 saturated carbocycles. The number of carbonyl (C=O) groups is 3. The minimum Gasteiger partial charge on any atom is -0.497 e. The van der Waals surface area contributed by atoms with E-state index in [0.717, 1.165) is 23.1 Å². The molecule has 1 N–H and O–H groups in total. The van der Waals surface area contributed by atoms with Crippen molar-refractivity contribution in [1.82, 2.24) is 4.90 Å². The average Bonchev–Trinajstić information content (AvgIpc) is 3.02. The van der Waals surface area contributed by atoms with E-state index in [2.05, 4.69) is 5.32 Å². The summed E-state index contributed by atoms with van der Waals surface area (Å²) in [5.74, 6) is -0.428. The number of esters is 1. The number of carbonyl (C=O) groups excluding carboxylic acids is 3. The quantitative estimate of drug-likeness (QED) is 0.386. The van der Waals surface area contributed by atoms with Crippen LogP contribution in [0.4, 0.5) is 5.69 Å². The smallest absolute Gasteiger partial charge is 0.338 e. The molecule has 1 heterocycles. The van der Waals surface area contributed by atoms with Gasteiger partial charge in [-0.2, -0.15) is 0 Å². The van der Waals surface area contributed by atoms with E-state index in [1.165, 1.54) is 4.90 Å². The highest BCUT2D eigenvalue weighted by atomic mass is 32.2. The van der Waals surface area contributed by atoms with Crippen molar-refractivity contribution >= 4 is 57.8 Å². The molecule has 31 heavy (non-hydrogen) atoms. The number of ether oxygens (including phenoxy) is 2. The molecule has 0 spiro atoms. The van der Waals surface area contributed by atoms with Crippen molar-refractivity contribution in [2.75, 3.05) is 25.6 Å². The van der Waals surface area contributed by atoms with Crippen LogP contribution < -0.4 is 10.1 Å². The Balaban J connectivity index is 1.62. The van der Waals surface area contributed by atoms with Gasteiger partial charge in [-0.15, -0.1) is 0 Å². The van der Waals surface area contributed by atoms with Gasteiger partial charge in [0, 0.05) is 5.69 Å². The molecular formula is C22H20N2O5S2. The summed E-state index contributed by atoms with van der Waals surface area (Å²) >= 11 is 6.43. The van der Waals surface area contributed by atoms with Crippen LogP contribution in [-0.2, 0) is 14.3 Å². The highest BCUT2D eigenvalue weighted by molar-refractivity contribution is 8.26. The van der Waals surface area contributed by atoms with Gasteiger partial charge in [0.05, 0.1) is 24.2 Å². The lowest BCUT2D eigenvalue weighted by atomic mass is 10.2. The first kappa shape index (κ1) is 22.5. The average molecular weight is 457 g/mol. The Hall–Kier alpha value is -3.17. The molecule has 2 aromatic carbocycles. The fourth-order valence-electron chi connectivity index (χ4n) is 2.74. The van der Waals surface area contributed by atoms with Gasteiger partial charge in [0.15, 0.2) is 0 Å². The van der Waals surface area contributed by atoms with E-state index < -0.39 is 11.9 Å². The summed E-state index contributed by atoms with van der Waals surface area (Å²) in [7, 11) is 1.58. The van der Waals surface area contributed by atoms with Crippen LogP contribution in [0.2, 0.25) is 0 Å². The number of amides is 2. The lowest BCUT2D eigenvalue weighted by Crippen LogP contribution is -2.36. The fourth-order valence-corrected chi connectivity index (χ4v) is 3.99. The number of hydrogen-bond donors (Lipinski definition) is 1. The van der Waals surface area contributed by atoms with Crippen molar-refractivity contribution < 1.29 is 23.9 Å². The number of thioether (sulfide) groups is 1. The molecule has 0 aliphatic carbocycles. The molecule has 7 nitrogen and oxygen atoms in total. The number of benzene rings is 2. The maximum atomic E-state index is 12.7. The number of anilines is 1. The molecule has 160 valence electrons. The van der Waals surface area contributed by atoms with Gasteiger partial charge >= 0.3 is 5.97 Å². The number of nitrogens with one attached hydrogen (secondary N) is 1. The number of nitrogens with zero attached hydrogens (tertiary/aromatic N) is 1. The summed E-state index contributed by atoms with van der Waals surface area (Å²) in [6, 6.07) is 13.6. The molecule has 0 radical (unpaired) electrons. The van der Waals surface area contributed by atoms with Crippen LogP contribution in [0.15, 0.2) is 53.4 Å². The molecule has 2 aromatic rings. The van der Waals surface area contributed by atoms with E-state index in [4.69, 9.17) is 21.7 Å². The van der Waals surface area contributed by atoms with E-state index in [0.29, 0.717) is 20.5 Å². The molecule has 1 saturated heterocycles. The first-order valence-electron chi connectivity index (χ1n) is 9.37. The van der Waals surface area contributed by atoms with E-state index >= 15 is 0 Å². The lowest BCUT2D eigenvalue weighted by Gasteiger charge is -2.14. The first-order chi connectivity index (χ1) is 14.9. The Kier molecular flexibility index (Phi) is 7.43. The second kappa shape index (κ2) is 10.2. The monoisotopic (exact) mass is 456 g/mol. The normalized spacial score (nSPS) is 14.6.